The molecule has 0 atom stereocenters. The molecule has 0 saturated carbocycles. The van der Waals surface area contributed by atoms with E-state index in [9.17, 15) is 0 Å². The van der Waals surface area contributed by atoms with E-state index >= 15 is 0 Å². The van der Waals surface area contributed by atoms with Crippen LogP contribution < -0.4 is 0 Å². The van der Waals surface area contributed by atoms with E-state index in [4.69, 9.17) is 0 Å². The maximum atomic E-state index is 4.15. The average molecular weight is 133 g/mol. The SMILES string of the molecule is C=CCc1cccnc1C. The van der Waals surface area contributed by atoms with Crippen molar-refractivity contribution in [1.82, 2.24) is 4.98 Å². The van der Waals surface area contributed by atoms with Crippen molar-refractivity contribution < 1.29 is 0 Å². The number of allylic oxidation sites excluding steroid dienone is 1. The van der Waals surface area contributed by atoms with E-state index in [0.717, 1.165) is 12.1 Å². The van der Waals surface area contributed by atoms with Gasteiger partial charge in [0.25, 0.3) is 0 Å². The van der Waals surface area contributed by atoms with Gasteiger partial charge in [0.2, 0.25) is 0 Å². The van der Waals surface area contributed by atoms with Crippen LogP contribution >= 0.6 is 0 Å². The number of aromatic nitrogens is 1. The lowest BCUT2D eigenvalue weighted by Crippen LogP contribution is -1.88. The molecule has 0 bridgehead atoms. The molecule has 1 heterocycles. The molecule has 1 aromatic rings. The minimum Gasteiger partial charge on any atom is -0.261 e. The van der Waals surface area contributed by atoms with E-state index in [1.54, 1.807) is 0 Å². The monoisotopic (exact) mass is 133 g/mol. The molecule has 0 fully saturated rings. The van der Waals surface area contributed by atoms with Gasteiger partial charge in [0.1, 0.15) is 0 Å². The quantitative estimate of drug-likeness (QED) is 0.563. The Morgan fingerprint density at radius 1 is 1.70 bits per heavy atom. The minimum atomic E-state index is 0.916. The summed E-state index contributed by atoms with van der Waals surface area (Å²) in [4.78, 5) is 4.15. The fourth-order valence-electron chi connectivity index (χ4n) is 0.889. The van der Waals surface area contributed by atoms with Crippen LogP contribution in [0.4, 0.5) is 0 Å². The minimum absolute atomic E-state index is 0.916. The number of rotatable bonds is 2. The lowest BCUT2D eigenvalue weighted by atomic mass is 10.1. The predicted octanol–water partition coefficient (Wildman–Crippen LogP) is 2.12. The van der Waals surface area contributed by atoms with Crippen LogP contribution in [0.15, 0.2) is 31.0 Å². The van der Waals surface area contributed by atoms with Crippen LogP contribution in [0.3, 0.4) is 0 Å². The van der Waals surface area contributed by atoms with Gasteiger partial charge in [-0.15, -0.1) is 6.58 Å². The molecular weight excluding hydrogens is 122 g/mol. The van der Waals surface area contributed by atoms with E-state index in [-0.39, 0.29) is 0 Å². The lowest BCUT2D eigenvalue weighted by Gasteiger charge is -1.98. The predicted molar refractivity (Wildman–Crippen MR) is 42.9 cm³/mol. The molecule has 1 heteroatoms. The van der Waals surface area contributed by atoms with Gasteiger partial charge in [0.15, 0.2) is 0 Å². The van der Waals surface area contributed by atoms with Gasteiger partial charge >= 0.3 is 0 Å². The van der Waals surface area contributed by atoms with Crippen LogP contribution in [-0.4, -0.2) is 4.98 Å². The molecule has 0 radical (unpaired) electrons. The first-order valence-electron chi connectivity index (χ1n) is 3.36. The number of hydrogen-bond acceptors (Lipinski definition) is 1. The average Bonchev–Trinajstić information content (AvgIpc) is 1.94. The number of nitrogens with zero attached hydrogens (tertiary/aromatic N) is 1. The van der Waals surface area contributed by atoms with Crippen LogP contribution in [0.25, 0.3) is 0 Å². The standard InChI is InChI=1S/C9H11N/c1-3-5-9-6-4-7-10-8(9)2/h3-4,6-7H,1,5H2,2H3. The van der Waals surface area contributed by atoms with Crippen LogP contribution in [0.5, 0.6) is 0 Å². The second-order valence-corrected chi connectivity index (χ2v) is 2.24. The van der Waals surface area contributed by atoms with Crippen molar-refractivity contribution >= 4 is 0 Å². The third kappa shape index (κ3) is 1.44. The van der Waals surface area contributed by atoms with Gasteiger partial charge in [-0.05, 0) is 25.0 Å². The van der Waals surface area contributed by atoms with Crippen molar-refractivity contribution in [3.63, 3.8) is 0 Å². The summed E-state index contributed by atoms with van der Waals surface area (Å²) in [5.74, 6) is 0. The normalized spacial score (nSPS) is 9.30. The first-order chi connectivity index (χ1) is 4.84. The van der Waals surface area contributed by atoms with Crippen LogP contribution in [0, 0.1) is 6.92 Å². The molecule has 0 aliphatic heterocycles. The highest BCUT2D eigenvalue weighted by Crippen LogP contribution is 2.03. The first-order valence-corrected chi connectivity index (χ1v) is 3.36. The molecule has 0 amide bonds. The highest BCUT2D eigenvalue weighted by atomic mass is 14.7. The van der Waals surface area contributed by atoms with Crippen LogP contribution in [0.1, 0.15) is 11.3 Å². The van der Waals surface area contributed by atoms with Crippen molar-refractivity contribution in [3.05, 3.63) is 42.2 Å². The summed E-state index contributed by atoms with van der Waals surface area (Å²) >= 11 is 0. The summed E-state index contributed by atoms with van der Waals surface area (Å²) in [6, 6.07) is 4.02. The van der Waals surface area contributed by atoms with E-state index in [2.05, 4.69) is 17.6 Å². The topological polar surface area (TPSA) is 12.9 Å². The summed E-state index contributed by atoms with van der Waals surface area (Å²) in [7, 11) is 0. The van der Waals surface area contributed by atoms with Gasteiger partial charge in [-0.3, -0.25) is 4.98 Å². The van der Waals surface area contributed by atoms with Gasteiger partial charge in [-0.1, -0.05) is 12.1 Å². The maximum Gasteiger partial charge on any atom is 0.0407 e. The zero-order valence-electron chi connectivity index (χ0n) is 6.17. The molecule has 1 aromatic heterocycles. The molecular formula is C9H11N. The fourth-order valence-corrected chi connectivity index (χ4v) is 0.889. The van der Waals surface area contributed by atoms with Crippen molar-refractivity contribution in [2.75, 3.05) is 0 Å². The summed E-state index contributed by atoms with van der Waals surface area (Å²) in [6.45, 7) is 5.68. The van der Waals surface area contributed by atoms with E-state index in [0.29, 0.717) is 0 Å². The Bertz CT molecular complexity index is 228. The van der Waals surface area contributed by atoms with Crippen molar-refractivity contribution in [1.29, 1.82) is 0 Å². The maximum absolute atomic E-state index is 4.15. The largest absolute Gasteiger partial charge is 0.261 e. The molecule has 0 aliphatic rings. The molecule has 0 spiro atoms. The second-order valence-electron chi connectivity index (χ2n) is 2.24. The molecule has 0 unspecified atom stereocenters. The molecule has 0 aromatic carbocycles. The van der Waals surface area contributed by atoms with Gasteiger partial charge in [-0.25, -0.2) is 0 Å². The lowest BCUT2D eigenvalue weighted by molar-refractivity contribution is 1.10. The summed E-state index contributed by atoms with van der Waals surface area (Å²) in [6.07, 6.45) is 4.62. The van der Waals surface area contributed by atoms with E-state index in [1.807, 2.05) is 25.3 Å². The molecule has 1 nitrogen and oxygen atoms in total. The first kappa shape index (κ1) is 7.00. The van der Waals surface area contributed by atoms with E-state index < -0.39 is 0 Å². The Balaban J connectivity index is 2.91. The highest BCUT2D eigenvalue weighted by molar-refractivity contribution is 5.20. The van der Waals surface area contributed by atoms with Gasteiger partial charge in [0, 0.05) is 11.9 Å². The zero-order valence-corrected chi connectivity index (χ0v) is 6.17. The van der Waals surface area contributed by atoms with Crippen LogP contribution in [-0.2, 0) is 6.42 Å². The molecule has 0 saturated heterocycles. The fraction of sp³-hybridized carbons (Fsp3) is 0.222. The summed E-state index contributed by atoms with van der Waals surface area (Å²) in [5.41, 5.74) is 2.36. The van der Waals surface area contributed by atoms with Gasteiger partial charge in [-0.2, -0.15) is 0 Å². The van der Waals surface area contributed by atoms with E-state index in [1.165, 1.54) is 5.56 Å². The molecule has 52 valence electrons. The summed E-state index contributed by atoms with van der Waals surface area (Å²) in [5, 5.41) is 0. The van der Waals surface area contributed by atoms with Gasteiger partial charge in [0.05, 0.1) is 0 Å². The third-order valence-corrected chi connectivity index (χ3v) is 1.48. The third-order valence-electron chi connectivity index (χ3n) is 1.48. The summed E-state index contributed by atoms with van der Waals surface area (Å²) < 4.78 is 0. The Labute approximate surface area is 61.4 Å². The van der Waals surface area contributed by atoms with Crippen molar-refractivity contribution in [2.45, 2.75) is 13.3 Å². The van der Waals surface area contributed by atoms with Crippen LogP contribution in [0.2, 0.25) is 0 Å². The number of pyridine rings is 1. The van der Waals surface area contributed by atoms with Gasteiger partial charge < -0.3 is 0 Å². The molecule has 0 aliphatic carbocycles. The Morgan fingerprint density at radius 3 is 3.10 bits per heavy atom. The Morgan fingerprint density at radius 2 is 2.50 bits per heavy atom. The highest BCUT2D eigenvalue weighted by Gasteiger charge is 1.92. The Hall–Kier alpha value is -1.11. The molecule has 10 heavy (non-hydrogen) atoms. The molecule has 0 N–H and O–H groups in total. The number of aryl methyl sites for hydroxylation is 1. The number of hydrogen-bond donors (Lipinski definition) is 0. The zero-order chi connectivity index (χ0) is 7.40. The second kappa shape index (κ2) is 3.16. The Kier molecular flexibility index (Phi) is 2.21. The van der Waals surface area contributed by atoms with Crippen molar-refractivity contribution in [2.24, 2.45) is 0 Å². The molecule has 1 rings (SSSR count). The smallest absolute Gasteiger partial charge is 0.0407 e. The van der Waals surface area contributed by atoms with Crippen molar-refractivity contribution in [3.8, 4) is 0 Å².